The van der Waals surface area contributed by atoms with Gasteiger partial charge in [0.1, 0.15) is 5.82 Å². The van der Waals surface area contributed by atoms with Crippen LogP contribution in [0.2, 0.25) is 0 Å². The Morgan fingerprint density at radius 3 is 2.26 bits per heavy atom. The zero-order chi connectivity index (χ0) is 22.2. The number of hydrogen-bond donors (Lipinski definition) is 1. The van der Waals surface area contributed by atoms with E-state index in [1.54, 1.807) is 36.7 Å². The number of piperidine rings is 1. The molecule has 0 atom stereocenters. The summed E-state index contributed by atoms with van der Waals surface area (Å²) in [6.07, 6.45) is 7.40. The van der Waals surface area contributed by atoms with Crippen molar-refractivity contribution in [1.82, 2.24) is 14.3 Å². The van der Waals surface area contributed by atoms with E-state index in [1.165, 1.54) is 16.8 Å². The molecule has 2 aromatic heterocycles. The summed E-state index contributed by atoms with van der Waals surface area (Å²) < 4.78 is 48.4. The molecule has 0 saturated carbocycles. The van der Waals surface area contributed by atoms with Crippen LogP contribution in [-0.4, -0.2) is 56.7 Å². The smallest absolute Gasteiger partial charge is 0.211 e. The van der Waals surface area contributed by atoms with E-state index in [4.69, 9.17) is 0 Å². The SMILES string of the molecule is CS(=O)(=O)c1ccc(Nc2cc3c(C4CCN(S(C)(=O)=O)CC4)nccc3cn2)cc1. The number of benzene rings is 1. The van der Waals surface area contributed by atoms with Gasteiger partial charge in [0.2, 0.25) is 10.0 Å². The Morgan fingerprint density at radius 2 is 1.65 bits per heavy atom. The highest BCUT2D eigenvalue weighted by Gasteiger charge is 2.27. The fourth-order valence-electron chi connectivity index (χ4n) is 3.88. The first kappa shape index (κ1) is 21.7. The third-order valence-electron chi connectivity index (χ3n) is 5.54. The predicted octanol–water partition coefficient (Wildman–Crippen LogP) is 2.92. The number of rotatable bonds is 5. The van der Waals surface area contributed by atoms with Crippen molar-refractivity contribution in [3.63, 3.8) is 0 Å². The van der Waals surface area contributed by atoms with Gasteiger partial charge in [-0.1, -0.05) is 0 Å². The second-order valence-electron chi connectivity index (χ2n) is 7.84. The van der Waals surface area contributed by atoms with Crippen molar-refractivity contribution in [2.75, 3.05) is 30.9 Å². The molecule has 1 fully saturated rings. The fourth-order valence-corrected chi connectivity index (χ4v) is 5.38. The molecule has 164 valence electrons. The summed E-state index contributed by atoms with van der Waals surface area (Å²) in [6, 6.07) is 10.4. The van der Waals surface area contributed by atoms with Crippen LogP contribution in [0.1, 0.15) is 24.5 Å². The van der Waals surface area contributed by atoms with E-state index in [9.17, 15) is 16.8 Å². The fraction of sp³-hybridized carbons (Fsp3) is 0.333. The number of anilines is 2. The molecule has 0 aliphatic carbocycles. The summed E-state index contributed by atoms with van der Waals surface area (Å²) in [5.74, 6) is 0.799. The Kier molecular flexibility index (Phi) is 5.71. The first-order chi connectivity index (χ1) is 14.6. The molecule has 1 aliphatic rings. The van der Waals surface area contributed by atoms with E-state index in [2.05, 4.69) is 15.3 Å². The van der Waals surface area contributed by atoms with Crippen molar-refractivity contribution in [2.24, 2.45) is 0 Å². The normalized spacial score (nSPS) is 16.5. The number of aromatic nitrogens is 2. The second kappa shape index (κ2) is 8.18. The number of nitrogens with zero attached hydrogens (tertiary/aromatic N) is 3. The molecule has 8 nitrogen and oxygen atoms in total. The van der Waals surface area contributed by atoms with Gasteiger partial charge in [0.15, 0.2) is 9.84 Å². The lowest BCUT2D eigenvalue weighted by molar-refractivity contribution is 0.319. The van der Waals surface area contributed by atoms with Gasteiger partial charge < -0.3 is 5.32 Å². The largest absolute Gasteiger partial charge is 0.340 e. The minimum atomic E-state index is -3.25. The van der Waals surface area contributed by atoms with Crippen LogP contribution in [0.4, 0.5) is 11.5 Å². The van der Waals surface area contributed by atoms with Gasteiger partial charge in [-0.2, -0.15) is 0 Å². The van der Waals surface area contributed by atoms with Crippen molar-refractivity contribution >= 4 is 42.1 Å². The molecular weight excluding hydrogens is 436 g/mol. The lowest BCUT2D eigenvalue weighted by atomic mass is 9.91. The Hall–Kier alpha value is -2.56. The van der Waals surface area contributed by atoms with Crippen LogP contribution in [0, 0.1) is 0 Å². The van der Waals surface area contributed by atoms with Crippen LogP contribution in [0.25, 0.3) is 10.8 Å². The van der Waals surface area contributed by atoms with Gasteiger partial charge in [-0.25, -0.2) is 26.1 Å². The Bertz CT molecular complexity index is 1320. The van der Waals surface area contributed by atoms with Gasteiger partial charge in [0, 0.05) is 54.1 Å². The number of hydrogen-bond acceptors (Lipinski definition) is 7. The van der Waals surface area contributed by atoms with Crippen LogP contribution in [0.5, 0.6) is 0 Å². The standard InChI is InChI=1S/C21H24N4O4S2/c1-30(26,27)18-5-3-17(4-6-18)24-20-13-19-16(14-23-20)7-10-22-21(19)15-8-11-25(12-9-15)31(2,28)29/h3-7,10,13-15H,8-9,11-12H2,1-2H3,(H,23,24). The monoisotopic (exact) mass is 460 g/mol. The van der Waals surface area contributed by atoms with Crippen LogP contribution in [-0.2, 0) is 19.9 Å². The Morgan fingerprint density at radius 1 is 0.968 bits per heavy atom. The third kappa shape index (κ3) is 4.86. The zero-order valence-electron chi connectivity index (χ0n) is 17.3. The maximum Gasteiger partial charge on any atom is 0.211 e. The van der Waals surface area contributed by atoms with Gasteiger partial charge in [-0.3, -0.25) is 4.98 Å². The molecular formula is C21H24N4O4S2. The van der Waals surface area contributed by atoms with Crippen molar-refractivity contribution in [2.45, 2.75) is 23.7 Å². The Labute approximate surface area is 182 Å². The quantitative estimate of drug-likeness (QED) is 0.623. The summed E-state index contributed by atoms with van der Waals surface area (Å²) in [5, 5.41) is 5.15. The Balaban J connectivity index is 1.59. The average Bonchev–Trinajstić information content (AvgIpc) is 2.72. The third-order valence-corrected chi connectivity index (χ3v) is 7.97. The second-order valence-corrected chi connectivity index (χ2v) is 11.8. The van der Waals surface area contributed by atoms with E-state index in [1.807, 2.05) is 12.1 Å². The topological polar surface area (TPSA) is 109 Å². The molecule has 3 aromatic rings. The summed E-state index contributed by atoms with van der Waals surface area (Å²) in [4.78, 5) is 9.33. The highest BCUT2D eigenvalue weighted by Crippen LogP contribution is 2.33. The van der Waals surface area contributed by atoms with Crippen molar-refractivity contribution < 1.29 is 16.8 Å². The molecule has 1 aromatic carbocycles. The zero-order valence-corrected chi connectivity index (χ0v) is 18.9. The van der Waals surface area contributed by atoms with Crippen molar-refractivity contribution in [1.29, 1.82) is 0 Å². The number of fused-ring (bicyclic) bond motifs is 1. The summed E-state index contributed by atoms with van der Waals surface area (Å²) >= 11 is 0. The van der Waals surface area contributed by atoms with Gasteiger partial charge in [-0.05, 0) is 49.2 Å². The van der Waals surface area contributed by atoms with Crippen LogP contribution in [0.15, 0.2) is 53.7 Å². The molecule has 0 radical (unpaired) electrons. The van der Waals surface area contributed by atoms with Crippen molar-refractivity contribution in [3.05, 3.63) is 54.5 Å². The highest BCUT2D eigenvalue weighted by atomic mass is 32.2. The van der Waals surface area contributed by atoms with Gasteiger partial charge >= 0.3 is 0 Å². The van der Waals surface area contributed by atoms with Gasteiger partial charge in [0.25, 0.3) is 0 Å². The highest BCUT2D eigenvalue weighted by molar-refractivity contribution is 7.90. The van der Waals surface area contributed by atoms with E-state index in [0.717, 1.165) is 35.0 Å². The van der Waals surface area contributed by atoms with E-state index < -0.39 is 19.9 Å². The van der Waals surface area contributed by atoms with E-state index >= 15 is 0 Å². The first-order valence-electron chi connectivity index (χ1n) is 9.88. The molecule has 0 unspecified atom stereocenters. The molecule has 1 N–H and O–H groups in total. The molecule has 0 spiro atoms. The molecule has 0 bridgehead atoms. The number of nitrogens with one attached hydrogen (secondary N) is 1. The van der Waals surface area contributed by atoms with E-state index in [0.29, 0.717) is 18.9 Å². The molecule has 0 amide bonds. The molecule has 4 rings (SSSR count). The molecule has 10 heteroatoms. The summed E-state index contributed by atoms with van der Waals surface area (Å²) in [5.41, 5.74) is 1.68. The average molecular weight is 461 g/mol. The lowest BCUT2D eigenvalue weighted by Crippen LogP contribution is -2.37. The molecule has 3 heterocycles. The number of sulfone groups is 1. The number of sulfonamides is 1. The van der Waals surface area contributed by atoms with Crippen LogP contribution in [0.3, 0.4) is 0 Å². The van der Waals surface area contributed by atoms with Gasteiger partial charge in [0.05, 0.1) is 16.8 Å². The lowest BCUT2D eigenvalue weighted by Gasteiger charge is -2.30. The van der Waals surface area contributed by atoms with Crippen molar-refractivity contribution in [3.8, 4) is 0 Å². The molecule has 1 aliphatic heterocycles. The maximum absolute atomic E-state index is 11.8. The minimum absolute atomic E-state index is 0.172. The van der Waals surface area contributed by atoms with Crippen LogP contribution >= 0.6 is 0 Å². The molecule has 1 saturated heterocycles. The minimum Gasteiger partial charge on any atom is -0.340 e. The predicted molar refractivity (Wildman–Crippen MR) is 121 cm³/mol. The van der Waals surface area contributed by atoms with Gasteiger partial charge in [-0.15, -0.1) is 0 Å². The number of pyridine rings is 2. The summed E-state index contributed by atoms with van der Waals surface area (Å²) in [7, 11) is -6.42. The summed E-state index contributed by atoms with van der Waals surface area (Å²) in [6.45, 7) is 0.981. The first-order valence-corrected chi connectivity index (χ1v) is 13.6. The van der Waals surface area contributed by atoms with Crippen LogP contribution < -0.4 is 5.32 Å². The molecule has 31 heavy (non-hydrogen) atoms. The maximum atomic E-state index is 11.8. The van der Waals surface area contributed by atoms with E-state index in [-0.39, 0.29) is 10.8 Å².